The lowest BCUT2D eigenvalue weighted by atomic mass is 10.1. The summed E-state index contributed by atoms with van der Waals surface area (Å²) in [6.45, 7) is 0.456. The normalized spacial score (nSPS) is 17.1. The summed E-state index contributed by atoms with van der Waals surface area (Å²) in [6.07, 6.45) is 0.657. The number of rotatable bonds is 7. The molecule has 1 aliphatic rings. The van der Waals surface area contributed by atoms with Crippen LogP contribution >= 0.6 is 24.0 Å². The molecule has 130 valence electrons. The van der Waals surface area contributed by atoms with Crippen LogP contribution in [0.5, 0.6) is 11.5 Å². The van der Waals surface area contributed by atoms with Crippen molar-refractivity contribution < 1.29 is 23.8 Å². The Bertz CT molecular complexity index is 649. The third-order valence-corrected chi connectivity index (χ3v) is 5.24. The smallest absolute Gasteiger partial charge is 0.307 e. The van der Waals surface area contributed by atoms with Gasteiger partial charge >= 0.3 is 5.97 Å². The lowest BCUT2D eigenvalue weighted by Crippen LogP contribution is -2.34. The minimum Gasteiger partial charge on any atom is -0.493 e. The van der Waals surface area contributed by atoms with E-state index in [-0.39, 0.29) is 12.3 Å². The van der Waals surface area contributed by atoms with Crippen molar-refractivity contribution in [3.63, 3.8) is 0 Å². The van der Waals surface area contributed by atoms with Gasteiger partial charge in [-0.05, 0) is 24.1 Å². The van der Waals surface area contributed by atoms with Gasteiger partial charge < -0.3 is 14.2 Å². The van der Waals surface area contributed by atoms with Crippen LogP contribution in [0.1, 0.15) is 12.0 Å². The molecule has 1 unspecified atom stereocenters. The predicted octanol–water partition coefficient (Wildman–Crippen LogP) is 2.04. The number of thioether (sulfide) groups is 1. The Labute approximate surface area is 150 Å². The van der Waals surface area contributed by atoms with Crippen LogP contribution in [-0.2, 0) is 20.7 Å². The van der Waals surface area contributed by atoms with Gasteiger partial charge in [-0.2, -0.15) is 0 Å². The Morgan fingerprint density at radius 1 is 1.25 bits per heavy atom. The lowest BCUT2D eigenvalue weighted by molar-refractivity contribution is -0.142. The second-order valence-corrected chi connectivity index (χ2v) is 6.92. The van der Waals surface area contributed by atoms with Crippen LogP contribution in [0, 0.1) is 0 Å². The number of esters is 1. The minimum absolute atomic E-state index is 0.0347. The summed E-state index contributed by atoms with van der Waals surface area (Å²) >= 11 is 6.50. The first-order valence-electron chi connectivity index (χ1n) is 7.29. The van der Waals surface area contributed by atoms with Crippen LogP contribution in [-0.4, -0.2) is 54.2 Å². The van der Waals surface area contributed by atoms with E-state index in [9.17, 15) is 9.59 Å². The summed E-state index contributed by atoms with van der Waals surface area (Å²) in [6, 6.07) is 5.62. The van der Waals surface area contributed by atoms with Gasteiger partial charge in [-0.1, -0.05) is 30.0 Å². The fourth-order valence-corrected chi connectivity index (χ4v) is 3.87. The maximum Gasteiger partial charge on any atom is 0.307 e. The van der Waals surface area contributed by atoms with Crippen molar-refractivity contribution in [1.29, 1.82) is 0 Å². The largest absolute Gasteiger partial charge is 0.493 e. The van der Waals surface area contributed by atoms with Gasteiger partial charge in [0.2, 0.25) is 5.91 Å². The molecule has 1 saturated heterocycles. The summed E-state index contributed by atoms with van der Waals surface area (Å²) in [5.41, 5.74) is 1.00. The molecule has 1 aromatic rings. The molecule has 1 aliphatic heterocycles. The van der Waals surface area contributed by atoms with Crippen molar-refractivity contribution in [2.45, 2.75) is 18.1 Å². The van der Waals surface area contributed by atoms with Gasteiger partial charge in [-0.25, -0.2) is 0 Å². The Morgan fingerprint density at radius 2 is 1.96 bits per heavy atom. The molecule has 1 heterocycles. The van der Waals surface area contributed by atoms with Crippen LogP contribution in [0.15, 0.2) is 18.2 Å². The highest BCUT2D eigenvalue weighted by atomic mass is 32.2. The maximum atomic E-state index is 12.4. The maximum absolute atomic E-state index is 12.4. The van der Waals surface area contributed by atoms with E-state index in [2.05, 4.69) is 4.74 Å². The molecule has 6 nitrogen and oxygen atoms in total. The highest BCUT2D eigenvalue weighted by molar-refractivity contribution is 8.24. The number of ether oxygens (including phenoxy) is 3. The van der Waals surface area contributed by atoms with Gasteiger partial charge in [-0.15, -0.1) is 0 Å². The molecule has 0 aromatic heterocycles. The van der Waals surface area contributed by atoms with Crippen molar-refractivity contribution in [2.75, 3.05) is 27.9 Å². The second kappa shape index (κ2) is 8.34. The molecule has 0 bridgehead atoms. The highest BCUT2D eigenvalue weighted by Gasteiger charge is 2.38. The van der Waals surface area contributed by atoms with Crippen molar-refractivity contribution in [3.8, 4) is 11.5 Å². The van der Waals surface area contributed by atoms with E-state index in [1.165, 1.54) is 18.9 Å². The van der Waals surface area contributed by atoms with E-state index in [0.29, 0.717) is 28.8 Å². The third kappa shape index (κ3) is 4.18. The molecule has 0 saturated carbocycles. The monoisotopic (exact) mass is 369 g/mol. The number of thiocarbonyl (C=S) groups is 1. The zero-order valence-corrected chi connectivity index (χ0v) is 15.4. The first-order valence-corrected chi connectivity index (χ1v) is 8.58. The molecular formula is C16H19NO5S2. The van der Waals surface area contributed by atoms with Crippen LogP contribution in [0.2, 0.25) is 0 Å². The summed E-state index contributed by atoms with van der Waals surface area (Å²) in [5.74, 6) is 0.743. The van der Waals surface area contributed by atoms with E-state index in [0.717, 1.165) is 5.56 Å². The number of carbonyl (C=O) groups excluding carboxylic acids is 2. The van der Waals surface area contributed by atoms with Crippen LogP contribution in [0.3, 0.4) is 0 Å². The second-order valence-electron chi connectivity index (χ2n) is 5.08. The summed E-state index contributed by atoms with van der Waals surface area (Å²) in [4.78, 5) is 25.3. The van der Waals surface area contributed by atoms with Crippen LogP contribution < -0.4 is 9.47 Å². The fraction of sp³-hybridized carbons (Fsp3) is 0.438. The topological polar surface area (TPSA) is 65.1 Å². The van der Waals surface area contributed by atoms with E-state index in [4.69, 9.17) is 21.7 Å². The number of methoxy groups -OCH3 is 3. The molecule has 0 spiro atoms. The Morgan fingerprint density at radius 3 is 2.58 bits per heavy atom. The van der Waals surface area contributed by atoms with Gasteiger partial charge in [0.1, 0.15) is 9.57 Å². The van der Waals surface area contributed by atoms with Gasteiger partial charge in [0.25, 0.3) is 0 Å². The fourth-order valence-electron chi connectivity index (χ4n) is 2.34. The first kappa shape index (κ1) is 18.5. The molecule has 0 radical (unpaired) electrons. The molecular weight excluding hydrogens is 350 g/mol. The van der Waals surface area contributed by atoms with Gasteiger partial charge in [0, 0.05) is 6.54 Å². The molecule has 24 heavy (non-hydrogen) atoms. The molecule has 1 atom stereocenters. The van der Waals surface area contributed by atoms with Gasteiger partial charge in [-0.3, -0.25) is 14.5 Å². The SMILES string of the molecule is COC(=O)CC1SC(=S)N(CCc2ccc(OC)c(OC)c2)C1=O. The van der Waals surface area contributed by atoms with Crippen LogP contribution in [0.25, 0.3) is 0 Å². The molecule has 1 amide bonds. The highest BCUT2D eigenvalue weighted by Crippen LogP contribution is 2.31. The number of nitrogens with zero attached hydrogens (tertiary/aromatic N) is 1. The number of hydrogen-bond donors (Lipinski definition) is 0. The molecule has 8 heteroatoms. The van der Waals surface area contributed by atoms with Crippen LogP contribution in [0.4, 0.5) is 0 Å². The summed E-state index contributed by atoms with van der Waals surface area (Å²) < 4.78 is 15.6. The Kier molecular flexibility index (Phi) is 6.44. The van der Waals surface area contributed by atoms with Crippen molar-refractivity contribution in [1.82, 2.24) is 4.90 Å². The standard InChI is InChI=1S/C16H19NO5S2/c1-20-11-5-4-10(8-12(11)21-2)6-7-17-15(19)13(24-16(17)23)9-14(18)22-3/h4-5,8,13H,6-7,9H2,1-3H3. The van der Waals surface area contributed by atoms with Crippen molar-refractivity contribution >= 4 is 40.2 Å². The Balaban J connectivity index is 2.00. The van der Waals surface area contributed by atoms with Gasteiger partial charge in [0.05, 0.1) is 27.8 Å². The van der Waals surface area contributed by atoms with E-state index in [1.807, 2.05) is 18.2 Å². The molecule has 1 fully saturated rings. The third-order valence-electron chi connectivity index (χ3n) is 3.66. The number of benzene rings is 1. The lowest BCUT2D eigenvalue weighted by Gasteiger charge is -2.16. The first-order chi connectivity index (χ1) is 11.5. The Hall–Kier alpha value is -1.80. The average Bonchev–Trinajstić information content (AvgIpc) is 2.85. The minimum atomic E-state index is -0.490. The zero-order valence-electron chi connectivity index (χ0n) is 13.7. The van der Waals surface area contributed by atoms with E-state index < -0.39 is 11.2 Å². The summed E-state index contributed by atoms with van der Waals surface area (Å²) in [7, 11) is 4.46. The van der Waals surface area contributed by atoms with Crippen molar-refractivity contribution in [3.05, 3.63) is 23.8 Å². The predicted molar refractivity (Wildman–Crippen MR) is 95.6 cm³/mol. The number of amides is 1. The zero-order chi connectivity index (χ0) is 17.7. The number of carbonyl (C=O) groups is 2. The summed E-state index contributed by atoms with van der Waals surface area (Å²) in [5, 5.41) is -0.490. The molecule has 2 rings (SSSR count). The van der Waals surface area contributed by atoms with E-state index in [1.54, 1.807) is 19.1 Å². The number of hydrogen-bond acceptors (Lipinski definition) is 7. The molecule has 0 N–H and O–H groups in total. The average molecular weight is 369 g/mol. The molecule has 0 aliphatic carbocycles. The van der Waals surface area contributed by atoms with Gasteiger partial charge in [0.15, 0.2) is 11.5 Å². The van der Waals surface area contributed by atoms with Crippen molar-refractivity contribution in [2.24, 2.45) is 0 Å². The van der Waals surface area contributed by atoms with E-state index >= 15 is 0 Å². The quantitative estimate of drug-likeness (QED) is 0.538. The molecule has 1 aromatic carbocycles.